The van der Waals surface area contributed by atoms with E-state index in [9.17, 15) is 4.79 Å². The number of benzene rings is 1. The number of ether oxygens (including phenoxy) is 2. The number of Topliss-reactive ketones (excluding diaryl/α,β-unsaturated/α-hetero) is 1. The van der Waals surface area contributed by atoms with Gasteiger partial charge in [0.1, 0.15) is 0 Å². The van der Waals surface area contributed by atoms with E-state index in [0.29, 0.717) is 18.3 Å². The molecule has 0 bridgehead atoms. The molecule has 0 saturated carbocycles. The summed E-state index contributed by atoms with van der Waals surface area (Å²) in [6.07, 6.45) is 4.82. The van der Waals surface area contributed by atoms with Crippen LogP contribution >= 0.6 is 0 Å². The molecule has 1 fully saturated rings. The van der Waals surface area contributed by atoms with Crippen LogP contribution in [0.2, 0.25) is 0 Å². The van der Waals surface area contributed by atoms with Gasteiger partial charge in [-0.1, -0.05) is 13.3 Å². The quantitative estimate of drug-likeness (QED) is 0.792. The summed E-state index contributed by atoms with van der Waals surface area (Å²) in [4.78, 5) is 14.8. The van der Waals surface area contributed by atoms with Gasteiger partial charge in [0.05, 0.1) is 6.54 Å². The molecule has 1 saturated heterocycles. The molecule has 1 aromatic rings. The van der Waals surface area contributed by atoms with Crippen molar-refractivity contribution in [3.63, 3.8) is 0 Å². The van der Waals surface area contributed by atoms with E-state index in [4.69, 9.17) is 9.47 Å². The minimum Gasteiger partial charge on any atom is -0.454 e. The van der Waals surface area contributed by atoms with Gasteiger partial charge in [-0.2, -0.15) is 0 Å². The van der Waals surface area contributed by atoms with Crippen LogP contribution in [-0.2, 0) is 0 Å². The van der Waals surface area contributed by atoms with Crippen molar-refractivity contribution in [3.8, 4) is 11.5 Å². The summed E-state index contributed by atoms with van der Waals surface area (Å²) in [5.74, 6) is 1.58. The van der Waals surface area contributed by atoms with Gasteiger partial charge in [-0.05, 0) is 44.0 Å². The molecule has 0 radical (unpaired) electrons. The monoisotopic (exact) mass is 275 g/mol. The predicted octanol–water partition coefficient (Wildman–Crippen LogP) is 2.86. The molecule has 1 atom stereocenters. The first kappa shape index (κ1) is 13.4. The Morgan fingerprint density at radius 2 is 2.15 bits per heavy atom. The molecule has 1 aromatic carbocycles. The largest absolute Gasteiger partial charge is 0.454 e. The third-order valence-corrected chi connectivity index (χ3v) is 4.26. The molecule has 20 heavy (non-hydrogen) atoms. The summed E-state index contributed by atoms with van der Waals surface area (Å²) in [5.41, 5.74) is 0.717. The first-order chi connectivity index (χ1) is 9.78. The minimum absolute atomic E-state index is 0.170. The average Bonchev–Trinajstić information content (AvgIpc) is 2.95. The zero-order valence-corrected chi connectivity index (χ0v) is 11.9. The zero-order valence-electron chi connectivity index (χ0n) is 11.9. The smallest absolute Gasteiger partial charge is 0.231 e. The summed E-state index contributed by atoms with van der Waals surface area (Å²) < 4.78 is 10.6. The van der Waals surface area contributed by atoms with Crippen molar-refractivity contribution in [2.45, 2.75) is 38.6 Å². The predicted molar refractivity (Wildman–Crippen MR) is 76.4 cm³/mol. The van der Waals surface area contributed by atoms with Gasteiger partial charge in [-0.3, -0.25) is 9.69 Å². The number of fused-ring (bicyclic) bond motifs is 1. The van der Waals surface area contributed by atoms with E-state index < -0.39 is 0 Å². The Morgan fingerprint density at radius 3 is 3.00 bits per heavy atom. The number of carbonyl (C=O) groups is 1. The van der Waals surface area contributed by atoms with Crippen molar-refractivity contribution in [3.05, 3.63) is 23.8 Å². The van der Waals surface area contributed by atoms with Crippen LogP contribution in [0.3, 0.4) is 0 Å². The first-order valence-corrected chi connectivity index (χ1v) is 7.45. The number of ketones is 1. The molecule has 4 heteroatoms. The maximum absolute atomic E-state index is 12.4. The van der Waals surface area contributed by atoms with Crippen molar-refractivity contribution < 1.29 is 14.3 Å². The van der Waals surface area contributed by atoms with Gasteiger partial charge in [0.2, 0.25) is 6.79 Å². The Morgan fingerprint density at radius 1 is 1.30 bits per heavy atom. The average molecular weight is 275 g/mol. The lowest BCUT2D eigenvalue weighted by Crippen LogP contribution is -2.42. The van der Waals surface area contributed by atoms with Crippen LogP contribution in [-0.4, -0.2) is 36.6 Å². The lowest BCUT2D eigenvalue weighted by atomic mass is 9.99. The SMILES string of the molecule is CCC1CCCCN1CC(=O)c1ccc2c(c1)OCO2. The van der Waals surface area contributed by atoms with Crippen molar-refractivity contribution in [2.75, 3.05) is 19.9 Å². The van der Waals surface area contributed by atoms with Gasteiger partial charge >= 0.3 is 0 Å². The molecular formula is C16H21NO3. The number of hydrogen-bond acceptors (Lipinski definition) is 4. The number of hydrogen-bond donors (Lipinski definition) is 0. The van der Waals surface area contributed by atoms with Crippen molar-refractivity contribution >= 4 is 5.78 Å². The van der Waals surface area contributed by atoms with E-state index in [1.807, 2.05) is 12.1 Å². The maximum Gasteiger partial charge on any atom is 0.231 e. The highest BCUT2D eigenvalue weighted by molar-refractivity contribution is 5.98. The van der Waals surface area contributed by atoms with Gasteiger partial charge in [-0.15, -0.1) is 0 Å². The highest BCUT2D eigenvalue weighted by Crippen LogP contribution is 2.32. The van der Waals surface area contributed by atoms with E-state index in [-0.39, 0.29) is 12.6 Å². The normalized spacial score (nSPS) is 21.9. The van der Waals surface area contributed by atoms with Crippen molar-refractivity contribution in [1.29, 1.82) is 0 Å². The van der Waals surface area contributed by atoms with Crippen molar-refractivity contribution in [2.24, 2.45) is 0 Å². The number of nitrogens with zero attached hydrogens (tertiary/aromatic N) is 1. The second-order valence-electron chi connectivity index (χ2n) is 5.52. The second kappa shape index (κ2) is 5.83. The third kappa shape index (κ3) is 2.66. The topological polar surface area (TPSA) is 38.8 Å². The highest BCUT2D eigenvalue weighted by atomic mass is 16.7. The number of rotatable bonds is 4. The van der Waals surface area contributed by atoms with Crippen molar-refractivity contribution in [1.82, 2.24) is 4.90 Å². The van der Waals surface area contributed by atoms with Gasteiger partial charge in [0, 0.05) is 11.6 Å². The summed E-state index contributed by atoms with van der Waals surface area (Å²) in [6.45, 7) is 4.00. The van der Waals surface area contributed by atoms with E-state index in [1.54, 1.807) is 6.07 Å². The van der Waals surface area contributed by atoms with Gasteiger partial charge in [0.25, 0.3) is 0 Å². The lowest BCUT2D eigenvalue weighted by Gasteiger charge is -2.34. The van der Waals surface area contributed by atoms with Gasteiger partial charge in [-0.25, -0.2) is 0 Å². The van der Waals surface area contributed by atoms with Crippen LogP contribution in [0.1, 0.15) is 43.0 Å². The van der Waals surface area contributed by atoms with Crippen LogP contribution < -0.4 is 9.47 Å². The van der Waals surface area contributed by atoms with Crippen LogP contribution in [0.25, 0.3) is 0 Å². The molecule has 0 spiro atoms. The fourth-order valence-corrected chi connectivity index (χ4v) is 3.08. The summed E-state index contributed by atoms with van der Waals surface area (Å²) in [6, 6.07) is 6.01. The molecule has 0 aromatic heterocycles. The number of piperidine rings is 1. The lowest BCUT2D eigenvalue weighted by molar-refractivity contribution is 0.0838. The molecular weight excluding hydrogens is 254 g/mol. The second-order valence-corrected chi connectivity index (χ2v) is 5.52. The number of likely N-dealkylation sites (tertiary alicyclic amines) is 1. The first-order valence-electron chi connectivity index (χ1n) is 7.45. The Kier molecular flexibility index (Phi) is 3.92. The van der Waals surface area contributed by atoms with E-state index in [2.05, 4.69) is 11.8 Å². The minimum atomic E-state index is 0.170. The molecule has 0 aliphatic carbocycles. The van der Waals surface area contributed by atoms with Crippen LogP contribution in [0, 0.1) is 0 Å². The van der Waals surface area contributed by atoms with Gasteiger partial charge < -0.3 is 9.47 Å². The fourth-order valence-electron chi connectivity index (χ4n) is 3.08. The Labute approximate surface area is 119 Å². The molecule has 3 rings (SSSR count). The van der Waals surface area contributed by atoms with E-state index in [0.717, 1.165) is 24.3 Å². The van der Waals surface area contributed by atoms with Crippen LogP contribution in [0.5, 0.6) is 11.5 Å². The van der Waals surface area contributed by atoms with E-state index >= 15 is 0 Å². The molecule has 108 valence electrons. The number of carbonyl (C=O) groups excluding carboxylic acids is 1. The maximum atomic E-state index is 12.4. The standard InChI is InChI=1S/C16H21NO3/c1-2-13-5-3-4-8-17(13)10-14(18)12-6-7-15-16(9-12)20-11-19-15/h6-7,9,13H,2-5,8,10-11H2,1H3. The molecule has 0 N–H and O–H groups in total. The molecule has 2 heterocycles. The molecule has 2 aliphatic heterocycles. The van der Waals surface area contributed by atoms with E-state index in [1.165, 1.54) is 19.3 Å². The fraction of sp³-hybridized carbons (Fsp3) is 0.562. The Balaban J connectivity index is 1.69. The van der Waals surface area contributed by atoms with Gasteiger partial charge in [0.15, 0.2) is 17.3 Å². The summed E-state index contributed by atoms with van der Waals surface area (Å²) >= 11 is 0. The summed E-state index contributed by atoms with van der Waals surface area (Å²) in [5, 5.41) is 0. The third-order valence-electron chi connectivity index (χ3n) is 4.26. The molecule has 1 unspecified atom stereocenters. The molecule has 2 aliphatic rings. The molecule has 0 amide bonds. The Hall–Kier alpha value is -1.55. The van der Waals surface area contributed by atoms with Crippen LogP contribution in [0.15, 0.2) is 18.2 Å². The zero-order chi connectivity index (χ0) is 13.9. The van der Waals surface area contributed by atoms with Crippen LogP contribution in [0.4, 0.5) is 0 Å². The Bertz CT molecular complexity index is 500. The molecule has 4 nitrogen and oxygen atoms in total. The highest BCUT2D eigenvalue weighted by Gasteiger charge is 2.24. The summed E-state index contributed by atoms with van der Waals surface area (Å²) in [7, 11) is 0.